The Bertz CT molecular complexity index is 665. The lowest BCUT2D eigenvalue weighted by molar-refractivity contribution is 0.112. The minimum atomic E-state index is -0.613. The quantitative estimate of drug-likeness (QED) is 0.736. The molecule has 3 aromatic carbocycles. The Hall–Kier alpha value is -2.38. The maximum Gasteiger partial charge on any atom is 0.0924 e. The zero-order valence-corrected chi connectivity index (χ0v) is 12.7. The molecule has 1 nitrogen and oxygen atoms in total. The number of hydrogen-bond acceptors (Lipinski definition) is 1. The van der Waals surface area contributed by atoms with E-state index in [9.17, 15) is 5.11 Å². The van der Waals surface area contributed by atoms with Gasteiger partial charge in [0.2, 0.25) is 0 Å². The zero-order chi connectivity index (χ0) is 15.4. The lowest BCUT2D eigenvalue weighted by Gasteiger charge is -2.36. The van der Waals surface area contributed by atoms with Crippen molar-refractivity contribution in [3.63, 3.8) is 0 Å². The largest absolute Gasteiger partial charge is 0.387 e. The van der Waals surface area contributed by atoms with Crippen LogP contribution in [0, 0.1) is 0 Å². The molecule has 0 fully saturated rings. The Morgan fingerprint density at radius 1 is 0.636 bits per heavy atom. The van der Waals surface area contributed by atoms with E-state index in [1.165, 1.54) is 0 Å². The van der Waals surface area contributed by atoms with Crippen molar-refractivity contribution < 1.29 is 5.11 Å². The maximum atomic E-state index is 11.1. The van der Waals surface area contributed by atoms with E-state index < -0.39 is 11.5 Å². The first-order chi connectivity index (χ1) is 10.7. The van der Waals surface area contributed by atoms with E-state index in [2.05, 4.69) is 31.2 Å². The molecule has 0 aliphatic carbocycles. The van der Waals surface area contributed by atoms with Crippen molar-refractivity contribution in [2.75, 3.05) is 0 Å². The van der Waals surface area contributed by atoms with Gasteiger partial charge in [0, 0.05) is 5.41 Å². The molecule has 1 N–H and O–H groups in total. The van der Waals surface area contributed by atoms with Crippen LogP contribution in [0.15, 0.2) is 91.0 Å². The Balaban J connectivity index is 2.16. The van der Waals surface area contributed by atoms with Gasteiger partial charge in [0.15, 0.2) is 0 Å². The minimum Gasteiger partial charge on any atom is -0.387 e. The first-order valence-electron chi connectivity index (χ1n) is 7.57. The summed E-state index contributed by atoms with van der Waals surface area (Å²) in [5.74, 6) is 0. The molecule has 0 bridgehead atoms. The van der Waals surface area contributed by atoms with E-state index in [-0.39, 0.29) is 0 Å². The first kappa shape index (κ1) is 14.6. The number of benzene rings is 3. The van der Waals surface area contributed by atoms with Gasteiger partial charge < -0.3 is 5.11 Å². The van der Waals surface area contributed by atoms with E-state index in [0.29, 0.717) is 0 Å². The molecule has 0 saturated carbocycles. The Morgan fingerprint density at radius 3 is 1.41 bits per heavy atom. The van der Waals surface area contributed by atoms with Crippen LogP contribution in [-0.2, 0) is 5.41 Å². The predicted octanol–water partition coefficient (Wildman–Crippen LogP) is 4.73. The molecular formula is C21H20O. The summed E-state index contributed by atoms with van der Waals surface area (Å²) in [6.07, 6.45) is -0.613. The smallest absolute Gasteiger partial charge is 0.0924 e. The summed E-state index contributed by atoms with van der Waals surface area (Å²) in [5, 5.41) is 11.1. The van der Waals surface area contributed by atoms with Gasteiger partial charge in [-0.1, -0.05) is 91.0 Å². The summed E-state index contributed by atoms with van der Waals surface area (Å²) in [4.78, 5) is 0. The average molecular weight is 288 g/mol. The minimum absolute atomic E-state index is 0.496. The highest BCUT2D eigenvalue weighted by molar-refractivity contribution is 5.42. The van der Waals surface area contributed by atoms with Crippen LogP contribution in [0.1, 0.15) is 29.7 Å². The highest BCUT2D eigenvalue weighted by Crippen LogP contribution is 2.42. The maximum absolute atomic E-state index is 11.1. The monoisotopic (exact) mass is 288 g/mol. The SMILES string of the molecule is CC(c1ccccc1)(c1ccccc1)C(O)c1ccccc1. The fraction of sp³-hybridized carbons (Fsp3) is 0.143. The normalized spacial score (nSPS) is 12.8. The zero-order valence-electron chi connectivity index (χ0n) is 12.7. The van der Waals surface area contributed by atoms with Crippen molar-refractivity contribution in [3.8, 4) is 0 Å². The van der Waals surface area contributed by atoms with E-state index in [1.54, 1.807) is 0 Å². The van der Waals surface area contributed by atoms with Crippen molar-refractivity contribution in [3.05, 3.63) is 108 Å². The molecule has 0 spiro atoms. The lowest BCUT2D eigenvalue weighted by Crippen LogP contribution is -2.31. The third-order valence-corrected chi connectivity index (χ3v) is 4.41. The highest BCUT2D eigenvalue weighted by atomic mass is 16.3. The Morgan fingerprint density at radius 2 is 1.00 bits per heavy atom. The average Bonchev–Trinajstić information content (AvgIpc) is 2.62. The summed E-state index contributed by atoms with van der Waals surface area (Å²) >= 11 is 0. The third kappa shape index (κ3) is 2.56. The van der Waals surface area contributed by atoms with Crippen LogP contribution in [0.2, 0.25) is 0 Å². The van der Waals surface area contributed by atoms with Gasteiger partial charge in [-0.2, -0.15) is 0 Å². The van der Waals surface area contributed by atoms with Gasteiger partial charge in [-0.25, -0.2) is 0 Å². The number of rotatable bonds is 4. The van der Waals surface area contributed by atoms with E-state index in [1.807, 2.05) is 66.7 Å². The summed E-state index contributed by atoms with van der Waals surface area (Å²) < 4.78 is 0. The molecule has 0 radical (unpaired) electrons. The van der Waals surface area contributed by atoms with E-state index in [0.717, 1.165) is 16.7 Å². The van der Waals surface area contributed by atoms with Crippen LogP contribution in [0.3, 0.4) is 0 Å². The molecule has 0 amide bonds. The molecule has 110 valence electrons. The molecule has 1 unspecified atom stereocenters. The topological polar surface area (TPSA) is 20.2 Å². The highest BCUT2D eigenvalue weighted by Gasteiger charge is 2.37. The first-order valence-corrected chi connectivity index (χ1v) is 7.57. The summed E-state index contributed by atoms with van der Waals surface area (Å²) in [6, 6.07) is 30.3. The van der Waals surface area contributed by atoms with Crippen molar-refractivity contribution in [2.24, 2.45) is 0 Å². The predicted molar refractivity (Wildman–Crippen MR) is 90.7 cm³/mol. The number of hydrogen-bond donors (Lipinski definition) is 1. The van der Waals surface area contributed by atoms with Gasteiger partial charge in [0.25, 0.3) is 0 Å². The summed E-state index contributed by atoms with van der Waals surface area (Å²) in [7, 11) is 0. The molecular weight excluding hydrogens is 268 g/mol. The second kappa shape index (κ2) is 6.17. The summed E-state index contributed by atoms with van der Waals surface area (Å²) in [6.45, 7) is 2.11. The molecule has 0 aliphatic rings. The van der Waals surface area contributed by atoms with E-state index >= 15 is 0 Å². The molecule has 1 heteroatoms. The van der Waals surface area contributed by atoms with Crippen LogP contribution in [0.25, 0.3) is 0 Å². The van der Waals surface area contributed by atoms with Gasteiger partial charge in [0.1, 0.15) is 0 Å². The molecule has 0 heterocycles. The fourth-order valence-corrected chi connectivity index (χ4v) is 3.02. The van der Waals surface area contributed by atoms with Gasteiger partial charge in [-0.05, 0) is 23.6 Å². The van der Waals surface area contributed by atoms with Crippen LogP contribution >= 0.6 is 0 Å². The van der Waals surface area contributed by atoms with Crippen molar-refractivity contribution >= 4 is 0 Å². The van der Waals surface area contributed by atoms with Crippen molar-refractivity contribution in [1.82, 2.24) is 0 Å². The molecule has 0 aromatic heterocycles. The molecule has 3 aromatic rings. The van der Waals surface area contributed by atoms with Gasteiger partial charge in [-0.15, -0.1) is 0 Å². The van der Waals surface area contributed by atoms with Crippen LogP contribution in [0.5, 0.6) is 0 Å². The van der Waals surface area contributed by atoms with Crippen LogP contribution < -0.4 is 0 Å². The summed E-state index contributed by atoms with van der Waals surface area (Å²) in [5.41, 5.74) is 2.65. The van der Waals surface area contributed by atoms with Gasteiger partial charge in [0.05, 0.1) is 6.10 Å². The van der Waals surface area contributed by atoms with Gasteiger partial charge in [-0.3, -0.25) is 0 Å². The van der Waals surface area contributed by atoms with Crippen molar-refractivity contribution in [2.45, 2.75) is 18.4 Å². The molecule has 22 heavy (non-hydrogen) atoms. The second-order valence-corrected chi connectivity index (χ2v) is 5.75. The van der Waals surface area contributed by atoms with Crippen molar-refractivity contribution in [1.29, 1.82) is 0 Å². The Kier molecular flexibility index (Phi) is 4.08. The second-order valence-electron chi connectivity index (χ2n) is 5.75. The van der Waals surface area contributed by atoms with Crippen LogP contribution in [0.4, 0.5) is 0 Å². The van der Waals surface area contributed by atoms with Gasteiger partial charge >= 0.3 is 0 Å². The number of aliphatic hydroxyl groups is 1. The molecule has 0 aliphatic heterocycles. The van der Waals surface area contributed by atoms with E-state index in [4.69, 9.17) is 0 Å². The molecule has 0 saturated heterocycles. The van der Waals surface area contributed by atoms with Crippen LogP contribution in [-0.4, -0.2) is 5.11 Å². The Labute approximate surface area is 131 Å². The number of aliphatic hydroxyl groups excluding tert-OH is 1. The fourth-order valence-electron chi connectivity index (χ4n) is 3.02. The standard InChI is InChI=1S/C21H20O/c1-21(18-13-7-3-8-14-18,19-15-9-4-10-16-19)20(22)17-11-5-2-6-12-17/h2-16,20,22H,1H3. The molecule has 1 atom stereocenters. The molecule has 3 rings (SSSR count). The third-order valence-electron chi connectivity index (χ3n) is 4.41. The lowest BCUT2D eigenvalue weighted by atomic mass is 9.70.